The van der Waals surface area contributed by atoms with Crippen LogP contribution in [-0.2, 0) is 12.8 Å². The minimum atomic E-state index is -0.106. The summed E-state index contributed by atoms with van der Waals surface area (Å²) in [7, 11) is 0. The van der Waals surface area contributed by atoms with Crippen molar-refractivity contribution in [2.75, 3.05) is 6.54 Å². The molecule has 5 heteroatoms. The van der Waals surface area contributed by atoms with E-state index in [-0.39, 0.29) is 5.91 Å². The van der Waals surface area contributed by atoms with Gasteiger partial charge in [-0.05, 0) is 56.4 Å². The molecule has 0 atom stereocenters. The maximum Gasteiger partial charge on any atom is 0.273 e. The molecule has 2 aromatic rings. The van der Waals surface area contributed by atoms with Gasteiger partial charge in [-0.25, -0.2) is 0 Å². The van der Waals surface area contributed by atoms with Crippen molar-refractivity contribution in [2.45, 2.75) is 44.9 Å². The Bertz CT molecular complexity index is 757. The topological polar surface area (TPSA) is 55.1 Å². The van der Waals surface area contributed by atoms with Crippen molar-refractivity contribution in [1.82, 2.24) is 10.5 Å². The van der Waals surface area contributed by atoms with Gasteiger partial charge in [-0.3, -0.25) is 4.79 Å². The molecule has 1 amide bonds. The number of carbonyl (C=O) groups is 1. The number of fused-ring (bicyclic) bond motifs is 3. The highest BCUT2D eigenvalue weighted by Gasteiger charge is 2.28. The van der Waals surface area contributed by atoms with Gasteiger partial charge in [-0.2, -0.15) is 0 Å². The third-order valence-electron chi connectivity index (χ3n) is 4.71. The van der Waals surface area contributed by atoms with Crippen molar-refractivity contribution in [3.8, 4) is 11.3 Å². The standard InChI is InChI=1S/C18H20N2O2S/c21-18(19-10-8-12-4-2-1-3-5-12)16-14-6-7-15-13(9-11-23-15)17(14)22-20-16/h4,9,11H,1-3,5-8,10H2,(H,19,21). The summed E-state index contributed by atoms with van der Waals surface area (Å²) < 4.78 is 5.47. The molecule has 2 aliphatic carbocycles. The highest BCUT2D eigenvalue weighted by Crippen LogP contribution is 2.38. The zero-order valence-electron chi connectivity index (χ0n) is 13.1. The molecule has 4 nitrogen and oxygen atoms in total. The molecule has 0 saturated carbocycles. The lowest BCUT2D eigenvalue weighted by molar-refractivity contribution is 0.0944. The number of nitrogens with one attached hydrogen (secondary N) is 1. The summed E-state index contributed by atoms with van der Waals surface area (Å²) >= 11 is 1.74. The number of thiophene rings is 1. The second kappa shape index (κ2) is 6.32. The molecule has 0 fully saturated rings. The lowest BCUT2D eigenvalue weighted by atomic mass is 9.95. The average molecular weight is 328 g/mol. The summed E-state index contributed by atoms with van der Waals surface area (Å²) in [6, 6.07) is 2.06. The third-order valence-corrected chi connectivity index (χ3v) is 5.69. The molecule has 0 aliphatic heterocycles. The Balaban J connectivity index is 1.43. The van der Waals surface area contributed by atoms with E-state index < -0.39 is 0 Å². The van der Waals surface area contributed by atoms with Gasteiger partial charge in [0.2, 0.25) is 0 Å². The van der Waals surface area contributed by atoms with Crippen molar-refractivity contribution in [3.63, 3.8) is 0 Å². The number of hydrogen-bond acceptors (Lipinski definition) is 4. The van der Waals surface area contributed by atoms with Gasteiger partial charge in [0.15, 0.2) is 11.5 Å². The van der Waals surface area contributed by atoms with Crippen LogP contribution in [0.4, 0.5) is 0 Å². The van der Waals surface area contributed by atoms with E-state index in [1.165, 1.54) is 36.1 Å². The molecule has 0 bridgehead atoms. The summed E-state index contributed by atoms with van der Waals surface area (Å²) in [6.07, 6.45) is 10.0. The van der Waals surface area contributed by atoms with Gasteiger partial charge < -0.3 is 9.84 Å². The number of allylic oxidation sites excluding steroid dienone is 1. The first-order valence-electron chi connectivity index (χ1n) is 8.34. The normalized spacial score (nSPS) is 16.4. The van der Waals surface area contributed by atoms with Crippen LogP contribution in [0.1, 0.15) is 53.0 Å². The first-order valence-corrected chi connectivity index (χ1v) is 9.22. The van der Waals surface area contributed by atoms with Crippen LogP contribution in [0.5, 0.6) is 0 Å². The molecule has 1 N–H and O–H groups in total. The number of aromatic nitrogens is 1. The average Bonchev–Trinajstić information content (AvgIpc) is 3.21. The quantitative estimate of drug-likeness (QED) is 0.859. The monoisotopic (exact) mass is 328 g/mol. The second-order valence-corrected chi connectivity index (χ2v) is 7.21. The van der Waals surface area contributed by atoms with Gasteiger partial charge in [-0.15, -0.1) is 11.3 Å². The summed E-state index contributed by atoms with van der Waals surface area (Å²) in [6.45, 7) is 0.677. The van der Waals surface area contributed by atoms with Crippen molar-refractivity contribution in [2.24, 2.45) is 0 Å². The Labute approximate surface area is 139 Å². The van der Waals surface area contributed by atoms with Gasteiger partial charge >= 0.3 is 0 Å². The van der Waals surface area contributed by atoms with Crippen LogP contribution in [0, 0.1) is 0 Å². The van der Waals surface area contributed by atoms with E-state index in [0.717, 1.165) is 36.1 Å². The molecule has 0 radical (unpaired) electrons. The third kappa shape index (κ3) is 2.85. The molecular weight excluding hydrogens is 308 g/mol. The van der Waals surface area contributed by atoms with Crippen LogP contribution < -0.4 is 5.32 Å². The number of rotatable bonds is 4. The first kappa shape index (κ1) is 14.7. The lowest BCUT2D eigenvalue weighted by Crippen LogP contribution is -2.26. The molecule has 2 aromatic heterocycles. The molecule has 4 rings (SSSR count). The van der Waals surface area contributed by atoms with Crippen molar-refractivity contribution >= 4 is 17.2 Å². The van der Waals surface area contributed by atoms with Crippen LogP contribution in [0.3, 0.4) is 0 Å². The second-order valence-electron chi connectivity index (χ2n) is 6.21. The molecule has 120 valence electrons. The maximum absolute atomic E-state index is 12.4. The van der Waals surface area contributed by atoms with Gasteiger partial charge in [0.05, 0.1) is 0 Å². The van der Waals surface area contributed by atoms with E-state index in [1.807, 2.05) is 0 Å². The number of aryl methyl sites for hydroxylation is 1. The van der Waals surface area contributed by atoms with E-state index in [4.69, 9.17) is 4.52 Å². The van der Waals surface area contributed by atoms with Gasteiger partial charge in [0.25, 0.3) is 5.91 Å². The zero-order valence-corrected chi connectivity index (χ0v) is 13.9. The molecule has 0 unspecified atom stereocenters. The largest absolute Gasteiger partial charge is 0.355 e. The summed E-state index contributed by atoms with van der Waals surface area (Å²) in [5.41, 5.74) is 4.01. The lowest BCUT2D eigenvalue weighted by Gasteiger charge is -2.13. The minimum absolute atomic E-state index is 0.106. The molecule has 2 heterocycles. The Hall–Kier alpha value is -1.88. The van der Waals surface area contributed by atoms with E-state index in [2.05, 4.69) is 28.0 Å². The Morgan fingerprint density at radius 1 is 1.30 bits per heavy atom. The summed E-state index contributed by atoms with van der Waals surface area (Å²) in [5, 5.41) is 9.11. The van der Waals surface area contributed by atoms with E-state index in [9.17, 15) is 4.79 Å². The molecular formula is C18H20N2O2S. The smallest absolute Gasteiger partial charge is 0.273 e. The fourth-order valence-electron chi connectivity index (χ4n) is 3.46. The highest BCUT2D eigenvalue weighted by molar-refractivity contribution is 7.10. The van der Waals surface area contributed by atoms with Crippen molar-refractivity contribution < 1.29 is 9.32 Å². The molecule has 0 spiro atoms. The zero-order chi connectivity index (χ0) is 15.6. The van der Waals surface area contributed by atoms with Gasteiger partial charge in [-0.1, -0.05) is 16.8 Å². The summed E-state index contributed by atoms with van der Waals surface area (Å²) in [5.74, 6) is 0.678. The van der Waals surface area contributed by atoms with E-state index in [1.54, 1.807) is 11.3 Å². The van der Waals surface area contributed by atoms with Gasteiger partial charge in [0, 0.05) is 22.5 Å². The molecule has 0 saturated heterocycles. The van der Waals surface area contributed by atoms with E-state index in [0.29, 0.717) is 12.2 Å². The van der Waals surface area contributed by atoms with Crippen LogP contribution in [-0.4, -0.2) is 17.6 Å². The van der Waals surface area contributed by atoms with Crippen LogP contribution in [0.2, 0.25) is 0 Å². The molecule has 23 heavy (non-hydrogen) atoms. The highest BCUT2D eigenvalue weighted by atomic mass is 32.1. The Morgan fingerprint density at radius 3 is 3.13 bits per heavy atom. The fourth-order valence-corrected chi connectivity index (χ4v) is 4.33. The Morgan fingerprint density at radius 2 is 2.26 bits per heavy atom. The van der Waals surface area contributed by atoms with Gasteiger partial charge in [0.1, 0.15) is 0 Å². The number of carbonyl (C=O) groups excluding carboxylic acids is 1. The molecule has 0 aromatic carbocycles. The van der Waals surface area contributed by atoms with Crippen molar-refractivity contribution in [3.05, 3.63) is 39.2 Å². The molecule has 2 aliphatic rings. The van der Waals surface area contributed by atoms with Crippen LogP contribution >= 0.6 is 11.3 Å². The summed E-state index contributed by atoms with van der Waals surface area (Å²) in [4.78, 5) is 13.7. The van der Waals surface area contributed by atoms with E-state index >= 15 is 0 Å². The minimum Gasteiger partial charge on any atom is -0.355 e. The fraction of sp³-hybridized carbons (Fsp3) is 0.444. The first-order chi connectivity index (χ1) is 11.3. The number of nitrogens with zero attached hydrogens (tertiary/aromatic N) is 1. The Kier molecular flexibility index (Phi) is 4.04. The van der Waals surface area contributed by atoms with Crippen molar-refractivity contribution in [1.29, 1.82) is 0 Å². The number of hydrogen-bond donors (Lipinski definition) is 1. The van der Waals surface area contributed by atoms with Crippen LogP contribution in [0.15, 0.2) is 27.6 Å². The maximum atomic E-state index is 12.4. The number of amides is 1. The predicted molar refractivity (Wildman–Crippen MR) is 90.7 cm³/mol. The van der Waals surface area contributed by atoms with Crippen LogP contribution in [0.25, 0.3) is 11.3 Å². The SMILES string of the molecule is O=C(NCCC1=CCCCC1)c1noc2c1CCc1sccc1-2. The predicted octanol–water partition coefficient (Wildman–Crippen LogP) is 4.12.